The SMILES string of the molecule is N#Cc1cc2ccc3ccccc3c2oc1=N. The van der Waals surface area contributed by atoms with Crippen molar-refractivity contribution in [2.75, 3.05) is 0 Å². The van der Waals surface area contributed by atoms with E-state index in [1.54, 1.807) is 6.07 Å². The van der Waals surface area contributed by atoms with Crippen LogP contribution in [0.4, 0.5) is 0 Å². The molecule has 0 spiro atoms. The third-order valence-electron chi connectivity index (χ3n) is 2.78. The maximum Gasteiger partial charge on any atom is 0.229 e. The van der Waals surface area contributed by atoms with Crippen molar-refractivity contribution in [1.82, 2.24) is 0 Å². The minimum atomic E-state index is -0.0867. The monoisotopic (exact) mass is 220 g/mol. The fourth-order valence-corrected chi connectivity index (χ4v) is 1.95. The van der Waals surface area contributed by atoms with Crippen LogP contribution in [0.25, 0.3) is 21.7 Å². The predicted octanol–water partition coefficient (Wildman–Crippen LogP) is 2.94. The Morgan fingerprint density at radius 2 is 1.82 bits per heavy atom. The third-order valence-corrected chi connectivity index (χ3v) is 2.78. The minimum absolute atomic E-state index is 0.0867. The Hall–Kier alpha value is -2.60. The van der Waals surface area contributed by atoms with Gasteiger partial charge in [-0.1, -0.05) is 36.4 Å². The Bertz CT molecular complexity index is 825. The first-order chi connectivity index (χ1) is 8.29. The lowest BCUT2D eigenvalue weighted by molar-refractivity contribution is 0.533. The van der Waals surface area contributed by atoms with Gasteiger partial charge in [-0.05, 0) is 11.5 Å². The summed E-state index contributed by atoms with van der Waals surface area (Å²) in [5.41, 5.74) is 0.830. The molecule has 1 aromatic heterocycles. The zero-order valence-electron chi connectivity index (χ0n) is 8.90. The molecule has 0 unspecified atom stereocenters. The van der Waals surface area contributed by atoms with Gasteiger partial charge in [-0.2, -0.15) is 5.26 Å². The second-order valence-electron chi connectivity index (χ2n) is 3.81. The highest BCUT2D eigenvalue weighted by Crippen LogP contribution is 2.24. The summed E-state index contributed by atoms with van der Waals surface area (Å²) in [4.78, 5) is 0. The fourth-order valence-electron chi connectivity index (χ4n) is 1.95. The zero-order chi connectivity index (χ0) is 11.8. The molecule has 2 aromatic carbocycles. The molecule has 3 rings (SSSR count). The largest absolute Gasteiger partial charge is 0.437 e. The van der Waals surface area contributed by atoms with Gasteiger partial charge in [0.15, 0.2) is 0 Å². The lowest BCUT2D eigenvalue weighted by atomic mass is 10.1. The molecule has 0 saturated heterocycles. The Labute approximate surface area is 97.0 Å². The van der Waals surface area contributed by atoms with Gasteiger partial charge in [0.05, 0.1) is 0 Å². The molecule has 0 bridgehead atoms. The molecule has 0 aliphatic rings. The summed E-state index contributed by atoms with van der Waals surface area (Å²) >= 11 is 0. The maximum atomic E-state index is 8.86. The van der Waals surface area contributed by atoms with Crippen molar-refractivity contribution in [2.24, 2.45) is 0 Å². The van der Waals surface area contributed by atoms with Gasteiger partial charge in [-0.3, -0.25) is 5.41 Å². The van der Waals surface area contributed by atoms with Crippen molar-refractivity contribution >= 4 is 21.7 Å². The van der Waals surface area contributed by atoms with E-state index in [1.807, 2.05) is 42.5 Å². The van der Waals surface area contributed by atoms with E-state index < -0.39 is 0 Å². The molecule has 1 heterocycles. The van der Waals surface area contributed by atoms with Crippen LogP contribution in [0.3, 0.4) is 0 Å². The van der Waals surface area contributed by atoms with Crippen LogP contribution < -0.4 is 5.55 Å². The van der Waals surface area contributed by atoms with Crippen LogP contribution in [-0.4, -0.2) is 0 Å². The highest BCUT2D eigenvalue weighted by molar-refractivity contribution is 6.03. The first-order valence-corrected chi connectivity index (χ1v) is 5.20. The average molecular weight is 220 g/mol. The minimum Gasteiger partial charge on any atom is -0.437 e. The number of rotatable bonds is 0. The lowest BCUT2D eigenvalue weighted by Crippen LogP contribution is -2.03. The first-order valence-electron chi connectivity index (χ1n) is 5.20. The van der Waals surface area contributed by atoms with Crippen LogP contribution in [0.1, 0.15) is 5.56 Å². The molecule has 0 saturated carbocycles. The van der Waals surface area contributed by atoms with E-state index in [1.165, 1.54) is 0 Å². The summed E-state index contributed by atoms with van der Waals surface area (Å²) in [5, 5.41) is 19.4. The molecule has 0 amide bonds. The van der Waals surface area contributed by atoms with Crippen molar-refractivity contribution in [2.45, 2.75) is 0 Å². The van der Waals surface area contributed by atoms with E-state index in [0.29, 0.717) is 5.58 Å². The maximum absolute atomic E-state index is 8.86. The molecule has 0 aliphatic heterocycles. The standard InChI is InChI=1S/C14H8N2O/c15-8-11-7-10-6-5-9-3-1-2-4-12(9)13(10)17-14(11)16/h1-7,16H. The van der Waals surface area contributed by atoms with Crippen molar-refractivity contribution < 1.29 is 4.42 Å². The van der Waals surface area contributed by atoms with Crippen molar-refractivity contribution in [1.29, 1.82) is 10.7 Å². The molecule has 1 N–H and O–H groups in total. The van der Waals surface area contributed by atoms with Gasteiger partial charge in [0.1, 0.15) is 17.2 Å². The summed E-state index contributed by atoms with van der Waals surface area (Å²) in [6.45, 7) is 0. The molecular weight excluding hydrogens is 212 g/mol. The molecule has 0 fully saturated rings. The van der Waals surface area contributed by atoms with Crippen molar-refractivity contribution in [3.8, 4) is 6.07 Å². The quantitative estimate of drug-likeness (QED) is 0.592. The van der Waals surface area contributed by atoms with E-state index in [9.17, 15) is 0 Å². The number of benzene rings is 2. The number of nitriles is 1. The fraction of sp³-hybridized carbons (Fsp3) is 0. The molecule has 0 aliphatic carbocycles. The summed E-state index contributed by atoms with van der Waals surface area (Å²) in [6, 6.07) is 15.4. The average Bonchev–Trinajstić information content (AvgIpc) is 2.38. The van der Waals surface area contributed by atoms with Gasteiger partial charge >= 0.3 is 0 Å². The van der Waals surface area contributed by atoms with Crippen LogP contribution >= 0.6 is 0 Å². The van der Waals surface area contributed by atoms with E-state index >= 15 is 0 Å². The second-order valence-corrected chi connectivity index (χ2v) is 3.81. The normalized spacial score (nSPS) is 10.5. The second kappa shape index (κ2) is 3.46. The van der Waals surface area contributed by atoms with E-state index in [-0.39, 0.29) is 11.1 Å². The molecule has 0 radical (unpaired) electrons. The van der Waals surface area contributed by atoms with E-state index in [2.05, 4.69) is 0 Å². The van der Waals surface area contributed by atoms with Crippen LogP contribution in [-0.2, 0) is 0 Å². The number of nitrogens with one attached hydrogen (secondary N) is 1. The zero-order valence-corrected chi connectivity index (χ0v) is 8.90. The van der Waals surface area contributed by atoms with Gasteiger partial charge < -0.3 is 4.42 Å². The summed E-state index contributed by atoms with van der Waals surface area (Å²) in [5.74, 6) is 0. The summed E-state index contributed by atoms with van der Waals surface area (Å²) in [6.07, 6.45) is 0. The topological polar surface area (TPSA) is 60.8 Å². The molecule has 3 aromatic rings. The third kappa shape index (κ3) is 1.39. The smallest absolute Gasteiger partial charge is 0.229 e. The van der Waals surface area contributed by atoms with E-state index in [4.69, 9.17) is 15.1 Å². The summed E-state index contributed by atoms with van der Waals surface area (Å²) in [7, 11) is 0. The van der Waals surface area contributed by atoms with Crippen LogP contribution in [0.15, 0.2) is 46.9 Å². The van der Waals surface area contributed by atoms with Gasteiger partial charge in [-0.25, -0.2) is 0 Å². The number of nitrogens with zero attached hydrogens (tertiary/aromatic N) is 1. The summed E-state index contributed by atoms with van der Waals surface area (Å²) < 4.78 is 5.44. The lowest BCUT2D eigenvalue weighted by Gasteiger charge is -2.02. The van der Waals surface area contributed by atoms with E-state index in [0.717, 1.165) is 16.2 Å². The molecule has 3 nitrogen and oxygen atoms in total. The number of fused-ring (bicyclic) bond motifs is 3. The van der Waals surface area contributed by atoms with Gasteiger partial charge in [0.25, 0.3) is 0 Å². The Kier molecular flexibility index (Phi) is 1.96. The first kappa shape index (κ1) is 9.61. The van der Waals surface area contributed by atoms with Crippen LogP contribution in [0, 0.1) is 16.7 Å². The van der Waals surface area contributed by atoms with Gasteiger partial charge in [0.2, 0.25) is 5.55 Å². The van der Waals surface area contributed by atoms with Crippen LogP contribution in [0.2, 0.25) is 0 Å². The molecule has 3 heteroatoms. The highest BCUT2D eigenvalue weighted by atomic mass is 16.3. The Balaban J connectivity index is 2.56. The number of hydrogen-bond donors (Lipinski definition) is 1. The molecular formula is C14H8N2O. The van der Waals surface area contributed by atoms with Gasteiger partial charge in [0, 0.05) is 10.8 Å². The predicted molar refractivity (Wildman–Crippen MR) is 64.3 cm³/mol. The van der Waals surface area contributed by atoms with Crippen molar-refractivity contribution in [3.63, 3.8) is 0 Å². The van der Waals surface area contributed by atoms with Crippen LogP contribution in [0.5, 0.6) is 0 Å². The number of hydrogen-bond acceptors (Lipinski definition) is 3. The Morgan fingerprint density at radius 1 is 1.06 bits per heavy atom. The Morgan fingerprint density at radius 3 is 2.65 bits per heavy atom. The molecule has 0 atom stereocenters. The molecule has 80 valence electrons. The molecule has 17 heavy (non-hydrogen) atoms. The van der Waals surface area contributed by atoms with Crippen molar-refractivity contribution in [3.05, 3.63) is 53.6 Å². The highest BCUT2D eigenvalue weighted by Gasteiger charge is 2.05. The van der Waals surface area contributed by atoms with Gasteiger partial charge in [-0.15, -0.1) is 0 Å².